The number of methoxy groups -OCH3 is 2. The highest BCUT2D eigenvalue weighted by atomic mass is 16.5. The minimum atomic E-state index is -1.02. The Bertz CT molecular complexity index is 674. The molecule has 2 aromatic rings. The molecule has 0 aliphatic carbocycles. The number of benzene rings is 2. The van der Waals surface area contributed by atoms with E-state index in [0.717, 1.165) is 0 Å². The highest BCUT2D eigenvalue weighted by molar-refractivity contribution is 6.21. The number of aliphatic carboxylic acids is 1. The number of hydrogen-bond donors (Lipinski definition) is 1. The highest BCUT2D eigenvalue weighted by Gasteiger charge is 2.15. The number of ether oxygens (including phenoxy) is 2. The Morgan fingerprint density at radius 2 is 1.52 bits per heavy atom. The summed E-state index contributed by atoms with van der Waals surface area (Å²) in [5.41, 5.74) is 1.37. The Labute approximate surface area is 123 Å². The molecule has 0 unspecified atom stereocenters. The summed E-state index contributed by atoms with van der Waals surface area (Å²) in [6.45, 7) is 0. The van der Waals surface area contributed by atoms with Crippen molar-refractivity contribution in [2.24, 2.45) is 0 Å². The molecule has 0 radical (unpaired) electrons. The quantitative estimate of drug-likeness (QED) is 0.676. The predicted molar refractivity (Wildman–Crippen MR) is 81.5 cm³/mol. The van der Waals surface area contributed by atoms with Crippen molar-refractivity contribution in [1.82, 2.24) is 0 Å². The van der Waals surface area contributed by atoms with Crippen LogP contribution < -0.4 is 9.47 Å². The van der Waals surface area contributed by atoms with Crippen molar-refractivity contribution in [1.29, 1.82) is 0 Å². The van der Waals surface area contributed by atoms with Crippen molar-refractivity contribution in [2.45, 2.75) is 0 Å². The molecule has 0 aliphatic heterocycles. The second-order valence-corrected chi connectivity index (χ2v) is 4.31. The standard InChI is InChI=1S/C17H16O4/c1-20-15-9-5-3-7-12(15)11-14(17(18)19)13-8-4-6-10-16(13)21-2/h3-11H,1-2H3,(H,18,19)/b14-11-. The van der Waals surface area contributed by atoms with E-state index in [1.165, 1.54) is 7.11 Å². The van der Waals surface area contributed by atoms with E-state index >= 15 is 0 Å². The summed E-state index contributed by atoms with van der Waals surface area (Å²) in [6, 6.07) is 14.3. The molecule has 4 heteroatoms. The lowest BCUT2D eigenvalue weighted by atomic mass is 10.0. The maximum Gasteiger partial charge on any atom is 0.336 e. The molecule has 108 valence electrons. The minimum absolute atomic E-state index is 0.150. The van der Waals surface area contributed by atoms with Crippen LogP contribution in [0.25, 0.3) is 11.6 Å². The van der Waals surface area contributed by atoms with Crippen LogP contribution in [0.3, 0.4) is 0 Å². The Balaban J connectivity index is 2.58. The second-order valence-electron chi connectivity index (χ2n) is 4.31. The van der Waals surface area contributed by atoms with E-state index in [9.17, 15) is 9.90 Å². The molecule has 1 N–H and O–H groups in total. The molecule has 0 fully saturated rings. The predicted octanol–water partition coefficient (Wildman–Crippen LogP) is 3.33. The van der Waals surface area contributed by atoms with Crippen molar-refractivity contribution in [3.05, 3.63) is 59.7 Å². The van der Waals surface area contributed by atoms with Gasteiger partial charge in [-0.1, -0.05) is 36.4 Å². The van der Waals surface area contributed by atoms with Crippen LogP contribution in [0.4, 0.5) is 0 Å². The van der Waals surface area contributed by atoms with Gasteiger partial charge in [0.05, 0.1) is 19.8 Å². The lowest BCUT2D eigenvalue weighted by Gasteiger charge is -2.10. The van der Waals surface area contributed by atoms with Gasteiger partial charge in [-0.2, -0.15) is 0 Å². The Hall–Kier alpha value is -2.75. The van der Waals surface area contributed by atoms with Gasteiger partial charge in [-0.3, -0.25) is 0 Å². The zero-order chi connectivity index (χ0) is 15.2. The van der Waals surface area contributed by atoms with E-state index in [1.807, 2.05) is 12.1 Å². The van der Waals surface area contributed by atoms with Crippen LogP contribution >= 0.6 is 0 Å². The highest BCUT2D eigenvalue weighted by Crippen LogP contribution is 2.30. The van der Waals surface area contributed by atoms with Crippen LogP contribution in [0, 0.1) is 0 Å². The SMILES string of the molecule is COc1ccccc1/C=C(\C(=O)O)c1ccccc1OC. The van der Waals surface area contributed by atoms with Gasteiger partial charge in [0.1, 0.15) is 11.5 Å². The largest absolute Gasteiger partial charge is 0.496 e. The zero-order valence-electron chi connectivity index (χ0n) is 11.9. The van der Waals surface area contributed by atoms with Crippen LogP contribution in [0.15, 0.2) is 48.5 Å². The van der Waals surface area contributed by atoms with Gasteiger partial charge in [0, 0.05) is 11.1 Å². The molecule has 21 heavy (non-hydrogen) atoms. The summed E-state index contributed by atoms with van der Waals surface area (Å²) >= 11 is 0. The van der Waals surface area contributed by atoms with Gasteiger partial charge in [0.2, 0.25) is 0 Å². The van der Waals surface area contributed by atoms with Crippen molar-refractivity contribution < 1.29 is 19.4 Å². The molecule has 4 nitrogen and oxygen atoms in total. The average Bonchev–Trinajstić information content (AvgIpc) is 2.52. The van der Waals surface area contributed by atoms with Gasteiger partial charge >= 0.3 is 5.97 Å². The first kappa shape index (κ1) is 14.7. The average molecular weight is 284 g/mol. The van der Waals surface area contributed by atoms with Crippen molar-refractivity contribution in [3.8, 4) is 11.5 Å². The molecular formula is C17H16O4. The van der Waals surface area contributed by atoms with Gasteiger partial charge < -0.3 is 14.6 Å². The summed E-state index contributed by atoms with van der Waals surface area (Å²) < 4.78 is 10.5. The zero-order valence-corrected chi connectivity index (χ0v) is 11.9. The number of para-hydroxylation sites is 2. The number of carbonyl (C=O) groups is 1. The number of carboxylic acids is 1. The molecular weight excluding hydrogens is 268 g/mol. The van der Waals surface area contributed by atoms with E-state index < -0.39 is 5.97 Å². The summed E-state index contributed by atoms with van der Waals surface area (Å²) in [7, 11) is 3.07. The maximum absolute atomic E-state index is 11.6. The third-order valence-corrected chi connectivity index (χ3v) is 3.07. The normalized spacial score (nSPS) is 11.0. The summed E-state index contributed by atoms with van der Waals surface area (Å²) in [5.74, 6) is 0.109. The van der Waals surface area contributed by atoms with E-state index in [1.54, 1.807) is 49.6 Å². The van der Waals surface area contributed by atoms with Crippen LogP contribution in [0.2, 0.25) is 0 Å². The molecule has 2 rings (SSSR count). The molecule has 0 atom stereocenters. The van der Waals surface area contributed by atoms with Gasteiger partial charge in [0.15, 0.2) is 0 Å². The lowest BCUT2D eigenvalue weighted by molar-refractivity contribution is -0.130. The Kier molecular flexibility index (Phi) is 4.61. The number of hydrogen-bond acceptors (Lipinski definition) is 3. The summed E-state index contributed by atoms with van der Waals surface area (Å²) in [5, 5.41) is 9.51. The molecule has 0 saturated heterocycles. The molecule has 0 amide bonds. The molecule has 0 aromatic heterocycles. The summed E-state index contributed by atoms with van der Waals surface area (Å²) in [6.07, 6.45) is 1.58. The molecule has 0 spiro atoms. The third-order valence-electron chi connectivity index (χ3n) is 3.07. The van der Waals surface area contributed by atoms with Gasteiger partial charge in [-0.15, -0.1) is 0 Å². The van der Waals surface area contributed by atoms with Crippen molar-refractivity contribution in [3.63, 3.8) is 0 Å². The maximum atomic E-state index is 11.6. The van der Waals surface area contributed by atoms with E-state index in [0.29, 0.717) is 22.6 Å². The monoisotopic (exact) mass is 284 g/mol. The van der Waals surface area contributed by atoms with Crippen molar-refractivity contribution in [2.75, 3.05) is 14.2 Å². The van der Waals surface area contributed by atoms with Crippen molar-refractivity contribution >= 4 is 17.6 Å². The molecule has 0 heterocycles. The van der Waals surface area contributed by atoms with Crippen LogP contribution in [0.5, 0.6) is 11.5 Å². The fraction of sp³-hybridized carbons (Fsp3) is 0.118. The van der Waals surface area contributed by atoms with E-state index in [-0.39, 0.29) is 5.57 Å². The van der Waals surface area contributed by atoms with Gasteiger partial charge in [0.25, 0.3) is 0 Å². The van der Waals surface area contributed by atoms with Crippen LogP contribution in [-0.2, 0) is 4.79 Å². The van der Waals surface area contributed by atoms with Crippen LogP contribution in [0.1, 0.15) is 11.1 Å². The third kappa shape index (κ3) is 3.23. The van der Waals surface area contributed by atoms with Gasteiger partial charge in [-0.05, 0) is 18.2 Å². The van der Waals surface area contributed by atoms with E-state index in [2.05, 4.69) is 0 Å². The molecule has 0 bridgehead atoms. The number of rotatable bonds is 5. The molecule has 2 aromatic carbocycles. The fourth-order valence-electron chi connectivity index (χ4n) is 2.06. The fourth-order valence-corrected chi connectivity index (χ4v) is 2.06. The second kappa shape index (κ2) is 6.61. The first-order chi connectivity index (χ1) is 10.2. The smallest absolute Gasteiger partial charge is 0.336 e. The summed E-state index contributed by atoms with van der Waals surface area (Å²) in [4.78, 5) is 11.6. The topological polar surface area (TPSA) is 55.8 Å². The lowest BCUT2D eigenvalue weighted by Crippen LogP contribution is -2.02. The van der Waals surface area contributed by atoms with E-state index in [4.69, 9.17) is 9.47 Å². The van der Waals surface area contributed by atoms with Gasteiger partial charge in [-0.25, -0.2) is 4.79 Å². The first-order valence-electron chi connectivity index (χ1n) is 6.38. The molecule has 0 saturated carbocycles. The Morgan fingerprint density at radius 3 is 2.14 bits per heavy atom. The molecule has 0 aliphatic rings. The Morgan fingerprint density at radius 1 is 0.952 bits per heavy atom. The van der Waals surface area contributed by atoms with Crippen LogP contribution in [-0.4, -0.2) is 25.3 Å². The minimum Gasteiger partial charge on any atom is -0.496 e. The number of carboxylic acid groups (broad SMARTS) is 1. The first-order valence-corrected chi connectivity index (χ1v) is 6.38.